The minimum atomic E-state index is -0.0844. The minimum absolute atomic E-state index is 0.0844. The molecule has 1 aliphatic rings. The molecule has 6 nitrogen and oxygen atoms in total. The Labute approximate surface area is 158 Å². The molecule has 1 N–H and O–H groups in total. The number of urea groups is 1. The lowest BCUT2D eigenvalue weighted by Crippen LogP contribution is -2.50. The van der Waals surface area contributed by atoms with Gasteiger partial charge >= 0.3 is 6.03 Å². The maximum Gasteiger partial charge on any atom is 0.322 e. The van der Waals surface area contributed by atoms with Gasteiger partial charge in [-0.05, 0) is 23.8 Å². The first kappa shape index (κ1) is 17.0. The van der Waals surface area contributed by atoms with Gasteiger partial charge < -0.3 is 15.1 Å². The van der Waals surface area contributed by atoms with Crippen LogP contribution in [0.15, 0.2) is 73.3 Å². The zero-order valence-electron chi connectivity index (χ0n) is 15.0. The normalized spacial score (nSPS) is 14.1. The summed E-state index contributed by atoms with van der Waals surface area (Å²) in [6.07, 6.45) is 7.11. The molecule has 6 heteroatoms. The average molecular weight is 359 g/mol. The third-order valence-electron chi connectivity index (χ3n) is 4.68. The SMILES string of the molecule is O=C(Nc1cccnc1)N1CCN(c2cncc(-c3ccccc3)c2)CC1. The second-order valence-corrected chi connectivity index (χ2v) is 6.44. The first-order valence-electron chi connectivity index (χ1n) is 9.01. The molecule has 2 aromatic heterocycles. The average Bonchev–Trinajstić information content (AvgIpc) is 2.75. The van der Waals surface area contributed by atoms with Crippen LogP contribution in [0, 0.1) is 0 Å². The number of nitrogens with one attached hydrogen (secondary N) is 1. The number of aromatic nitrogens is 2. The van der Waals surface area contributed by atoms with Crippen molar-refractivity contribution in [3.05, 3.63) is 73.3 Å². The number of piperazine rings is 1. The monoisotopic (exact) mass is 359 g/mol. The van der Waals surface area contributed by atoms with Gasteiger partial charge in [-0.2, -0.15) is 0 Å². The van der Waals surface area contributed by atoms with Gasteiger partial charge in [0.1, 0.15) is 0 Å². The fraction of sp³-hybridized carbons (Fsp3) is 0.190. The van der Waals surface area contributed by atoms with Crippen LogP contribution in [0.2, 0.25) is 0 Å². The van der Waals surface area contributed by atoms with E-state index in [4.69, 9.17) is 0 Å². The summed E-state index contributed by atoms with van der Waals surface area (Å²) in [5.74, 6) is 0. The molecule has 0 saturated carbocycles. The van der Waals surface area contributed by atoms with Crippen LogP contribution in [-0.4, -0.2) is 47.1 Å². The summed E-state index contributed by atoms with van der Waals surface area (Å²) in [6, 6.07) is 16.0. The first-order valence-corrected chi connectivity index (χ1v) is 9.01. The number of amides is 2. The highest BCUT2D eigenvalue weighted by Crippen LogP contribution is 2.24. The van der Waals surface area contributed by atoms with E-state index in [0.29, 0.717) is 18.8 Å². The minimum Gasteiger partial charge on any atom is -0.367 e. The third-order valence-corrected chi connectivity index (χ3v) is 4.68. The van der Waals surface area contributed by atoms with E-state index in [1.165, 1.54) is 0 Å². The number of hydrogen-bond donors (Lipinski definition) is 1. The second kappa shape index (κ2) is 7.86. The molecule has 1 aromatic carbocycles. The van der Waals surface area contributed by atoms with Crippen LogP contribution in [0.4, 0.5) is 16.2 Å². The van der Waals surface area contributed by atoms with Crippen molar-refractivity contribution in [2.24, 2.45) is 0 Å². The van der Waals surface area contributed by atoms with Crippen molar-refractivity contribution in [3.63, 3.8) is 0 Å². The number of nitrogens with zero attached hydrogens (tertiary/aromatic N) is 4. The molecule has 3 aromatic rings. The van der Waals surface area contributed by atoms with Crippen LogP contribution in [0.25, 0.3) is 11.1 Å². The lowest BCUT2D eigenvalue weighted by atomic mass is 10.1. The molecule has 0 atom stereocenters. The van der Waals surface area contributed by atoms with E-state index in [9.17, 15) is 4.79 Å². The topological polar surface area (TPSA) is 61.4 Å². The van der Waals surface area contributed by atoms with E-state index < -0.39 is 0 Å². The Morgan fingerprint density at radius 3 is 2.41 bits per heavy atom. The predicted octanol–water partition coefficient (Wildman–Crippen LogP) is 3.50. The van der Waals surface area contributed by atoms with Crippen molar-refractivity contribution in [3.8, 4) is 11.1 Å². The van der Waals surface area contributed by atoms with Crippen LogP contribution in [0.5, 0.6) is 0 Å². The standard InChI is InChI=1S/C21H21N5O/c27-21(24-19-7-4-8-22-15-19)26-11-9-25(10-12-26)20-13-18(14-23-16-20)17-5-2-1-3-6-17/h1-8,13-16H,9-12H2,(H,24,27). The number of pyridine rings is 2. The number of anilines is 2. The Hall–Kier alpha value is -3.41. The quantitative estimate of drug-likeness (QED) is 0.777. The first-order chi connectivity index (χ1) is 13.3. The second-order valence-electron chi connectivity index (χ2n) is 6.44. The summed E-state index contributed by atoms with van der Waals surface area (Å²) in [7, 11) is 0. The van der Waals surface area contributed by atoms with Crippen molar-refractivity contribution < 1.29 is 4.79 Å². The summed E-state index contributed by atoms with van der Waals surface area (Å²) >= 11 is 0. The van der Waals surface area contributed by atoms with Crippen LogP contribution in [0.3, 0.4) is 0 Å². The van der Waals surface area contributed by atoms with Gasteiger partial charge in [0.2, 0.25) is 0 Å². The Morgan fingerprint density at radius 2 is 1.67 bits per heavy atom. The van der Waals surface area contributed by atoms with Gasteiger partial charge in [-0.15, -0.1) is 0 Å². The Kier molecular flexibility index (Phi) is 4.96. The Balaban J connectivity index is 1.39. The molecule has 0 aliphatic carbocycles. The molecule has 0 bridgehead atoms. The zero-order valence-corrected chi connectivity index (χ0v) is 15.0. The number of hydrogen-bond acceptors (Lipinski definition) is 4. The molecule has 0 unspecified atom stereocenters. The largest absolute Gasteiger partial charge is 0.367 e. The predicted molar refractivity (Wildman–Crippen MR) is 107 cm³/mol. The summed E-state index contributed by atoms with van der Waals surface area (Å²) in [5.41, 5.74) is 4.06. The van der Waals surface area contributed by atoms with Crippen LogP contribution < -0.4 is 10.2 Å². The van der Waals surface area contributed by atoms with Gasteiger partial charge in [0, 0.05) is 44.1 Å². The molecular formula is C21H21N5O. The highest BCUT2D eigenvalue weighted by molar-refractivity contribution is 5.89. The van der Waals surface area contributed by atoms with E-state index in [2.05, 4.69) is 38.4 Å². The third kappa shape index (κ3) is 4.06. The summed E-state index contributed by atoms with van der Waals surface area (Å²) in [6.45, 7) is 2.89. The number of benzene rings is 1. The number of carbonyl (C=O) groups excluding carboxylic acids is 1. The molecule has 136 valence electrons. The lowest BCUT2D eigenvalue weighted by molar-refractivity contribution is 0.208. The zero-order chi connectivity index (χ0) is 18.5. The summed E-state index contributed by atoms with van der Waals surface area (Å²) < 4.78 is 0. The molecule has 1 aliphatic heterocycles. The Morgan fingerprint density at radius 1 is 0.852 bits per heavy atom. The smallest absolute Gasteiger partial charge is 0.322 e. The van der Waals surface area contributed by atoms with Crippen molar-refractivity contribution in [2.75, 3.05) is 36.4 Å². The van der Waals surface area contributed by atoms with Gasteiger partial charge in [-0.3, -0.25) is 9.97 Å². The molecule has 27 heavy (non-hydrogen) atoms. The highest BCUT2D eigenvalue weighted by atomic mass is 16.2. The molecular weight excluding hydrogens is 338 g/mol. The molecule has 1 saturated heterocycles. The van der Waals surface area contributed by atoms with Crippen molar-refractivity contribution in [1.29, 1.82) is 0 Å². The molecule has 3 heterocycles. The van der Waals surface area contributed by atoms with E-state index >= 15 is 0 Å². The van der Waals surface area contributed by atoms with Gasteiger partial charge in [-0.25, -0.2) is 4.79 Å². The highest BCUT2D eigenvalue weighted by Gasteiger charge is 2.21. The van der Waals surface area contributed by atoms with Crippen molar-refractivity contribution in [2.45, 2.75) is 0 Å². The van der Waals surface area contributed by atoms with Gasteiger partial charge in [0.15, 0.2) is 0 Å². The van der Waals surface area contributed by atoms with E-state index in [1.54, 1.807) is 18.5 Å². The molecule has 1 fully saturated rings. The molecule has 0 spiro atoms. The summed E-state index contributed by atoms with van der Waals surface area (Å²) in [4.78, 5) is 24.9. The maximum atomic E-state index is 12.4. The van der Waals surface area contributed by atoms with E-state index in [0.717, 1.165) is 29.9 Å². The fourth-order valence-corrected chi connectivity index (χ4v) is 3.20. The Bertz CT molecular complexity index is 893. The maximum absolute atomic E-state index is 12.4. The van der Waals surface area contributed by atoms with Gasteiger partial charge in [0.05, 0.1) is 23.8 Å². The van der Waals surface area contributed by atoms with Crippen LogP contribution >= 0.6 is 0 Å². The van der Waals surface area contributed by atoms with Gasteiger partial charge in [0.25, 0.3) is 0 Å². The lowest BCUT2D eigenvalue weighted by Gasteiger charge is -2.36. The van der Waals surface area contributed by atoms with Crippen molar-refractivity contribution in [1.82, 2.24) is 14.9 Å². The van der Waals surface area contributed by atoms with Crippen molar-refractivity contribution >= 4 is 17.4 Å². The summed E-state index contributed by atoms with van der Waals surface area (Å²) in [5, 5.41) is 2.89. The van der Waals surface area contributed by atoms with Crippen LogP contribution in [-0.2, 0) is 0 Å². The van der Waals surface area contributed by atoms with Crippen LogP contribution in [0.1, 0.15) is 0 Å². The molecule has 4 rings (SSSR count). The van der Waals surface area contributed by atoms with E-state index in [1.807, 2.05) is 41.6 Å². The number of rotatable bonds is 3. The molecule has 2 amide bonds. The van der Waals surface area contributed by atoms with E-state index in [-0.39, 0.29) is 6.03 Å². The number of carbonyl (C=O) groups is 1. The van der Waals surface area contributed by atoms with Gasteiger partial charge in [-0.1, -0.05) is 30.3 Å². The fourth-order valence-electron chi connectivity index (χ4n) is 3.20. The molecule has 0 radical (unpaired) electrons.